The summed E-state index contributed by atoms with van der Waals surface area (Å²) in [6.45, 7) is 7.13. The maximum Gasteiger partial charge on any atom is 0.251 e. The number of piperidine rings is 1. The quantitative estimate of drug-likeness (QED) is 0.424. The molecule has 0 radical (unpaired) electrons. The number of rotatable bonds is 5. The van der Waals surface area contributed by atoms with Gasteiger partial charge in [0, 0.05) is 30.2 Å². The first kappa shape index (κ1) is 23.2. The Balaban J connectivity index is 1.19. The summed E-state index contributed by atoms with van der Waals surface area (Å²) in [5.41, 5.74) is 3.71. The third kappa shape index (κ3) is 4.91. The largest absolute Gasteiger partial charge is 0.454 e. The Morgan fingerprint density at radius 1 is 0.973 bits per heavy atom. The van der Waals surface area contributed by atoms with Crippen LogP contribution in [0, 0.1) is 11.8 Å². The molecule has 1 amide bonds. The van der Waals surface area contributed by atoms with Gasteiger partial charge < -0.3 is 19.7 Å². The van der Waals surface area contributed by atoms with Crippen molar-refractivity contribution in [3.8, 4) is 22.9 Å². The number of anilines is 1. The molecule has 1 saturated heterocycles. The zero-order chi connectivity index (χ0) is 25.4. The molecule has 2 atom stereocenters. The first-order valence-electron chi connectivity index (χ1n) is 12.7. The molecule has 8 nitrogen and oxygen atoms in total. The van der Waals surface area contributed by atoms with Crippen molar-refractivity contribution >= 4 is 22.6 Å². The molecule has 1 unspecified atom stereocenters. The number of ether oxygens (including phenoxy) is 2. The van der Waals surface area contributed by atoms with Gasteiger partial charge in [-0.1, -0.05) is 19.9 Å². The van der Waals surface area contributed by atoms with Gasteiger partial charge in [0.25, 0.3) is 5.91 Å². The van der Waals surface area contributed by atoms with Crippen molar-refractivity contribution in [3.63, 3.8) is 0 Å². The number of pyridine rings is 3. The van der Waals surface area contributed by atoms with Gasteiger partial charge in [0.2, 0.25) is 6.79 Å². The monoisotopic (exact) mass is 495 g/mol. The van der Waals surface area contributed by atoms with Gasteiger partial charge in [0.05, 0.1) is 29.1 Å². The lowest BCUT2D eigenvalue weighted by atomic mass is 9.92. The van der Waals surface area contributed by atoms with E-state index < -0.39 is 0 Å². The molecule has 188 valence electrons. The Kier molecular flexibility index (Phi) is 6.08. The standard InChI is InChI=1S/C29H29N5O3/c1-18-10-19(2)16-34(15-18)28-5-3-4-23(33-28)24-8-6-21-13-30-22(12-25(21)32-24)14-31-29(35)20-7-9-26-27(11-20)37-17-36-26/h3-9,11-13,18-19H,10,14-17H2,1-2H3,(H,31,35)/t18-,19?/m0/s1. The Labute approximate surface area is 215 Å². The molecule has 0 saturated carbocycles. The Morgan fingerprint density at radius 3 is 2.65 bits per heavy atom. The Morgan fingerprint density at radius 2 is 1.78 bits per heavy atom. The molecule has 1 fully saturated rings. The van der Waals surface area contributed by atoms with Crippen LogP contribution in [-0.2, 0) is 6.54 Å². The minimum atomic E-state index is -0.204. The Bertz CT molecular complexity index is 1460. The van der Waals surface area contributed by atoms with E-state index in [1.807, 2.05) is 24.3 Å². The zero-order valence-corrected chi connectivity index (χ0v) is 21.0. The van der Waals surface area contributed by atoms with Gasteiger partial charge in [-0.25, -0.2) is 9.97 Å². The lowest BCUT2D eigenvalue weighted by Crippen LogP contribution is -2.39. The predicted octanol–water partition coefficient (Wildman–Crippen LogP) is 4.83. The SMILES string of the molecule is CC1C[C@H](C)CN(c2cccc(-c3ccc4cnc(CNC(=O)c5ccc6c(c5)OCO6)cc4n3)n2)C1. The van der Waals surface area contributed by atoms with Crippen LogP contribution in [0.2, 0.25) is 0 Å². The molecule has 0 bridgehead atoms. The minimum Gasteiger partial charge on any atom is -0.454 e. The highest BCUT2D eigenvalue weighted by Crippen LogP contribution is 2.32. The van der Waals surface area contributed by atoms with E-state index in [9.17, 15) is 4.79 Å². The number of carbonyl (C=O) groups excluding carboxylic acids is 1. The second kappa shape index (κ2) is 9.69. The first-order chi connectivity index (χ1) is 18.0. The van der Waals surface area contributed by atoms with Crippen LogP contribution in [0.5, 0.6) is 11.5 Å². The second-order valence-electron chi connectivity index (χ2n) is 10.0. The van der Waals surface area contributed by atoms with Gasteiger partial charge in [-0.15, -0.1) is 0 Å². The molecule has 0 aliphatic carbocycles. The highest BCUT2D eigenvalue weighted by molar-refractivity contribution is 5.95. The van der Waals surface area contributed by atoms with Crippen LogP contribution < -0.4 is 19.7 Å². The van der Waals surface area contributed by atoms with Gasteiger partial charge in [-0.05, 0) is 66.8 Å². The molecule has 8 heteroatoms. The van der Waals surface area contributed by atoms with E-state index in [1.54, 1.807) is 24.4 Å². The number of amides is 1. The van der Waals surface area contributed by atoms with Crippen molar-refractivity contribution in [2.24, 2.45) is 11.8 Å². The summed E-state index contributed by atoms with van der Waals surface area (Å²) >= 11 is 0. The fourth-order valence-corrected chi connectivity index (χ4v) is 5.20. The summed E-state index contributed by atoms with van der Waals surface area (Å²) in [5.74, 6) is 3.34. The maximum atomic E-state index is 12.7. The number of nitrogens with one attached hydrogen (secondary N) is 1. The van der Waals surface area contributed by atoms with Crippen LogP contribution >= 0.6 is 0 Å². The summed E-state index contributed by atoms with van der Waals surface area (Å²) < 4.78 is 10.7. The van der Waals surface area contributed by atoms with Crippen LogP contribution in [-0.4, -0.2) is 40.7 Å². The van der Waals surface area contributed by atoms with Crippen LogP contribution in [0.15, 0.2) is 60.8 Å². The maximum absolute atomic E-state index is 12.7. The van der Waals surface area contributed by atoms with Gasteiger partial charge >= 0.3 is 0 Å². The molecular formula is C29H29N5O3. The summed E-state index contributed by atoms with van der Waals surface area (Å²) in [4.78, 5) is 29.4. The zero-order valence-electron chi connectivity index (χ0n) is 21.0. The van der Waals surface area contributed by atoms with E-state index in [4.69, 9.17) is 19.4 Å². The molecule has 4 aromatic rings. The number of fused-ring (bicyclic) bond motifs is 2. The number of hydrogen-bond acceptors (Lipinski definition) is 7. The second-order valence-corrected chi connectivity index (χ2v) is 10.0. The van der Waals surface area contributed by atoms with Gasteiger partial charge in [0.15, 0.2) is 11.5 Å². The van der Waals surface area contributed by atoms with E-state index in [0.717, 1.165) is 46.9 Å². The number of nitrogens with zero attached hydrogens (tertiary/aromatic N) is 4. The molecule has 0 spiro atoms. The molecule has 1 aromatic carbocycles. The fourth-order valence-electron chi connectivity index (χ4n) is 5.20. The predicted molar refractivity (Wildman–Crippen MR) is 142 cm³/mol. The van der Waals surface area contributed by atoms with Crippen LogP contribution in [0.4, 0.5) is 5.82 Å². The Hall–Kier alpha value is -4.20. The van der Waals surface area contributed by atoms with Crippen molar-refractivity contribution in [1.29, 1.82) is 0 Å². The van der Waals surface area contributed by atoms with Crippen molar-refractivity contribution in [1.82, 2.24) is 20.3 Å². The lowest BCUT2D eigenvalue weighted by molar-refractivity contribution is 0.0950. The number of carbonyl (C=O) groups is 1. The first-order valence-corrected chi connectivity index (χ1v) is 12.7. The van der Waals surface area contributed by atoms with Crippen molar-refractivity contribution < 1.29 is 14.3 Å². The molecule has 2 aliphatic heterocycles. The topological polar surface area (TPSA) is 89.5 Å². The molecular weight excluding hydrogens is 466 g/mol. The van der Waals surface area contributed by atoms with Crippen LogP contribution in [0.25, 0.3) is 22.3 Å². The van der Waals surface area contributed by atoms with Crippen molar-refractivity contribution in [2.45, 2.75) is 26.8 Å². The van der Waals surface area contributed by atoms with E-state index in [-0.39, 0.29) is 19.2 Å². The van der Waals surface area contributed by atoms with Gasteiger partial charge in [-0.2, -0.15) is 0 Å². The third-order valence-corrected chi connectivity index (χ3v) is 6.88. The van der Waals surface area contributed by atoms with Gasteiger partial charge in [-0.3, -0.25) is 9.78 Å². The third-order valence-electron chi connectivity index (χ3n) is 6.88. The van der Waals surface area contributed by atoms with Crippen molar-refractivity contribution in [3.05, 3.63) is 72.1 Å². The summed E-state index contributed by atoms with van der Waals surface area (Å²) in [6.07, 6.45) is 3.05. The highest BCUT2D eigenvalue weighted by atomic mass is 16.7. The van der Waals surface area contributed by atoms with E-state index in [0.29, 0.717) is 28.9 Å². The van der Waals surface area contributed by atoms with E-state index in [1.165, 1.54) is 6.42 Å². The molecule has 1 N–H and O–H groups in total. The molecule has 37 heavy (non-hydrogen) atoms. The summed E-state index contributed by atoms with van der Waals surface area (Å²) in [6, 6.07) is 17.2. The summed E-state index contributed by atoms with van der Waals surface area (Å²) in [5, 5.41) is 3.86. The smallest absolute Gasteiger partial charge is 0.251 e. The van der Waals surface area contributed by atoms with E-state index >= 15 is 0 Å². The molecule has 6 rings (SSSR count). The highest BCUT2D eigenvalue weighted by Gasteiger charge is 2.23. The van der Waals surface area contributed by atoms with E-state index in [2.05, 4.69) is 41.2 Å². The number of hydrogen-bond donors (Lipinski definition) is 1. The summed E-state index contributed by atoms with van der Waals surface area (Å²) in [7, 11) is 0. The molecule has 3 aromatic heterocycles. The van der Waals surface area contributed by atoms with Crippen LogP contribution in [0.1, 0.15) is 36.3 Å². The molecule has 2 aliphatic rings. The normalized spacial score (nSPS) is 18.7. The van der Waals surface area contributed by atoms with Crippen LogP contribution in [0.3, 0.4) is 0 Å². The average Bonchev–Trinajstić information content (AvgIpc) is 3.39. The lowest BCUT2D eigenvalue weighted by Gasteiger charge is -2.35. The number of benzene rings is 1. The minimum absolute atomic E-state index is 0.173. The fraction of sp³-hybridized carbons (Fsp3) is 0.310. The average molecular weight is 496 g/mol. The molecule has 5 heterocycles. The van der Waals surface area contributed by atoms with Gasteiger partial charge in [0.1, 0.15) is 5.82 Å². The number of aromatic nitrogens is 3. The van der Waals surface area contributed by atoms with Crippen molar-refractivity contribution in [2.75, 3.05) is 24.8 Å².